The first-order valence-corrected chi connectivity index (χ1v) is 11.8. The molecule has 0 radical (unpaired) electrons. The Labute approximate surface area is 172 Å². The van der Waals surface area contributed by atoms with Gasteiger partial charge in [-0.05, 0) is 69.4 Å². The number of piperidine rings is 2. The van der Waals surface area contributed by atoms with E-state index in [4.69, 9.17) is 0 Å². The van der Waals surface area contributed by atoms with Crippen LogP contribution in [0.1, 0.15) is 76.7 Å². The second-order valence-electron chi connectivity index (χ2n) is 8.95. The van der Waals surface area contributed by atoms with Crippen molar-refractivity contribution in [1.29, 1.82) is 0 Å². The number of nitrogens with zero attached hydrogens (tertiary/aromatic N) is 1. The summed E-state index contributed by atoms with van der Waals surface area (Å²) in [5.74, 6) is 1.44. The average molecular weight is 385 g/mol. The van der Waals surface area contributed by atoms with Crippen molar-refractivity contribution in [2.45, 2.75) is 83.6 Å². The molecule has 28 heavy (non-hydrogen) atoms. The zero-order valence-corrected chi connectivity index (χ0v) is 17.9. The lowest BCUT2D eigenvalue weighted by Crippen LogP contribution is -2.50. The maximum Gasteiger partial charge on any atom is 0.227 e. The molecule has 1 amide bonds. The molecule has 3 heteroatoms. The van der Waals surface area contributed by atoms with Gasteiger partial charge in [-0.1, -0.05) is 56.5 Å². The molecule has 2 heterocycles. The first kappa shape index (κ1) is 21.4. The van der Waals surface area contributed by atoms with E-state index in [2.05, 4.69) is 47.5 Å². The molecule has 3 rings (SSSR count). The first-order chi connectivity index (χ1) is 13.8. The quantitative estimate of drug-likeness (QED) is 0.635. The number of carbonyl (C=O) groups excluding carboxylic acids is 1. The van der Waals surface area contributed by atoms with Crippen molar-refractivity contribution < 1.29 is 4.79 Å². The van der Waals surface area contributed by atoms with Crippen LogP contribution >= 0.6 is 0 Å². The maximum atomic E-state index is 13.3. The smallest absolute Gasteiger partial charge is 0.227 e. The zero-order chi connectivity index (χ0) is 19.6. The molecule has 0 bridgehead atoms. The van der Waals surface area contributed by atoms with E-state index in [0.29, 0.717) is 11.9 Å². The summed E-state index contributed by atoms with van der Waals surface area (Å²) in [6.45, 7) is 5.27. The Morgan fingerprint density at radius 2 is 1.89 bits per heavy atom. The molecule has 2 saturated heterocycles. The van der Waals surface area contributed by atoms with Crippen LogP contribution in [-0.4, -0.2) is 36.5 Å². The van der Waals surface area contributed by atoms with E-state index in [1.807, 2.05) is 0 Å². The fraction of sp³-hybridized carbons (Fsp3) is 0.720. The van der Waals surface area contributed by atoms with Gasteiger partial charge < -0.3 is 10.2 Å². The maximum absolute atomic E-state index is 13.3. The Morgan fingerprint density at radius 3 is 2.57 bits per heavy atom. The largest absolute Gasteiger partial charge is 0.342 e. The molecule has 2 atom stereocenters. The van der Waals surface area contributed by atoms with Gasteiger partial charge in [-0.3, -0.25) is 4.79 Å². The number of aryl methyl sites for hydroxylation is 1. The molecular formula is C25H40N2O. The number of amides is 1. The second-order valence-corrected chi connectivity index (χ2v) is 8.95. The van der Waals surface area contributed by atoms with Crippen molar-refractivity contribution in [3.05, 3.63) is 35.9 Å². The fourth-order valence-corrected chi connectivity index (χ4v) is 5.06. The van der Waals surface area contributed by atoms with Crippen LogP contribution in [0, 0.1) is 11.8 Å². The number of hydrogen-bond donors (Lipinski definition) is 1. The van der Waals surface area contributed by atoms with Gasteiger partial charge in [0.2, 0.25) is 5.91 Å². The van der Waals surface area contributed by atoms with Gasteiger partial charge in [0.1, 0.15) is 0 Å². The summed E-state index contributed by atoms with van der Waals surface area (Å²) in [5, 5.41) is 3.65. The van der Waals surface area contributed by atoms with Gasteiger partial charge in [-0.25, -0.2) is 0 Å². The Balaban J connectivity index is 1.43. The molecule has 2 unspecified atom stereocenters. The number of likely N-dealkylation sites (tertiary alicyclic amines) is 1. The van der Waals surface area contributed by atoms with Crippen LogP contribution in [-0.2, 0) is 11.2 Å². The normalized spacial score (nSPS) is 22.2. The molecule has 0 saturated carbocycles. The fourth-order valence-electron chi connectivity index (χ4n) is 5.06. The number of unbranched alkanes of at least 4 members (excludes halogenated alkanes) is 1. The third-order valence-electron chi connectivity index (χ3n) is 6.87. The standard InChI is InChI=1S/C25H40N2O/c1-2-3-14-23(24-15-7-8-18-26-24)25(28)27-19-16-22(17-20-27)13-9-12-21-10-5-4-6-11-21/h4-6,10-11,22-24,26H,2-3,7-9,12-20H2,1H3. The second kappa shape index (κ2) is 11.6. The van der Waals surface area contributed by atoms with E-state index >= 15 is 0 Å². The Hall–Kier alpha value is -1.35. The number of benzene rings is 1. The Bertz CT molecular complexity index is 559. The predicted octanol–water partition coefficient (Wildman–Crippen LogP) is 5.20. The van der Waals surface area contributed by atoms with E-state index in [0.717, 1.165) is 32.0 Å². The van der Waals surface area contributed by atoms with Gasteiger partial charge in [0, 0.05) is 19.1 Å². The molecule has 0 spiro atoms. The van der Waals surface area contributed by atoms with Crippen molar-refractivity contribution in [2.75, 3.05) is 19.6 Å². The third-order valence-corrected chi connectivity index (χ3v) is 6.87. The first-order valence-electron chi connectivity index (χ1n) is 11.8. The Kier molecular flexibility index (Phi) is 8.85. The van der Waals surface area contributed by atoms with Gasteiger partial charge in [-0.15, -0.1) is 0 Å². The SMILES string of the molecule is CCCCC(C(=O)N1CCC(CCCc2ccccc2)CC1)C1CCCCN1. The van der Waals surface area contributed by atoms with E-state index in [1.54, 1.807) is 0 Å². The highest BCUT2D eigenvalue weighted by atomic mass is 16.2. The van der Waals surface area contributed by atoms with Crippen LogP contribution in [0.2, 0.25) is 0 Å². The van der Waals surface area contributed by atoms with Crippen molar-refractivity contribution >= 4 is 5.91 Å². The molecule has 156 valence electrons. The van der Waals surface area contributed by atoms with Crippen LogP contribution in [0.3, 0.4) is 0 Å². The summed E-state index contributed by atoms with van der Waals surface area (Å²) in [6.07, 6.45) is 13.3. The number of carbonyl (C=O) groups is 1. The molecule has 3 nitrogen and oxygen atoms in total. The molecule has 0 aromatic heterocycles. The van der Waals surface area contributed by atoms with Crippen LogP contribution in [0.5, 0.6) is 0 Å². The van der Waals surface area contributed by atoms with Gasteiger partial charge >= 0.3 is 0 Å². The van der Waals surface area contributed by atoms with Crippen molar-refractivity contribution in [3.8, 4) is 0 Å². The predicted molar refractivity (Wildman–Crippen MR) is 117 cm³/mol. The lowest BCUT2D eigenvalue weighted by atomic mass is 9.85. The highest BCUT2D eigenvalue weighted by Gasteiger charge is 2.33. The molecule has 2 aliphatic heterocycles. The summed E-state index contributed by atoms with van der Waals surface area (Å²) in [5.41, 5.74) is 1.45. The molecule has 1 N–H and O–H groups in total. The van der Waals surface area contributed by atoms with Gasteiger partial charge in [0.05, 0.1) is 5.92 Å². The van der Waals surface area contributed by atoms with Crippen molar-refractivity contribution in [1.82, 2.24) is 10.2 Å². The number of nitrogens with one attached hydrogen (secondary N) is 1. The highest BCUT2D eigenvalue weighted by molar-refractivity contribution is 5.79. The molecule has 1 aromatic carbocycles. The van der Waals surface area contributed by atoms with Gasteiger partial charge in [0.25, 0.3) is 0 Å². The number of hydrogen-bond acceptors (Lipinski definition) is 2. The lowest BCUT2D eigenvalue weighted by molar-refractivity contribution is -0.138. The summed E-state index contributed by atoms with van der Waals surface area (Å²) in [6, 6.07) is 11.2. The lowest BCUT2D eigenvalue weighted by Gasteiger charge is -2.38. The average Bonchev–Trinajstić information content (AvgIpc) is 2.76. The van der Waals surface area contributed by atoms with Crippen LogP contribution in [0.15, 0.2) is 30.3 Å². The molecule has 2 aliphatic rings. The monoisotopic (exact) mass is 384 g/mol. The molecule has 0 aliphatic carbocycles. The van der Waals surface area contributed by atoms with E-state index in [-0.39, 0.29) is 5.92 Å². The number of rotatable bonds is 9. The van der Waals surface area contributed by atoms with Crippen LogP contribution in [0.4, 0.5) is 0 Å². The van der Waals surface area contributed by atoms with Crippen LogP contribution < -0.4 is 5.32 Å². The van der Waals surface area contributed by atoms with Crippen molar-refractivity contribution in [3.63, 3.8) is 0 Å². The highest BCUT2D eigenvalue weighted by Crippen LogP contribution is 2.27. The van der Waals surface area contributed by atoms with Gasteiger partial charge in [0.15, 0.2) is 0 Å². The van der Waals surface area contributed by atoms with E-state index in [1.165, 1.54) is 69.8 Å². The summed E-state index contributed by atoms with van der Waals surface area (Å²) in [4.78, 5) is 15.5. The zero-order valence-electron chi connectivity index (χ0n) is 17.9. The molecular weight excluding hydrogens is 344 g/mol. The third kappa shape index (κ3) is 6.34. The minimum atomic E-state index is 0.204. The van der Waals surface area contributed by atoms with E-state index in [9.17, 15) is 4.79 Å². The topological polar surface area (TPSA) is 32.3 Å². The summed E-state index contributed by atoms with van der Waals surface area (Å²) >= 11 is 0. The van der Waals surface area contributed by atoms with Crippen molar-refractivity contribution in [2.24, 2.45) is 11.8 Å². The summed E-state index contributed by atoms with van der Waals surface area (Å²) < 4.78 is 0. The summed E-state index contributed by atoms with van der Waals surface area (Å²) in [7, 11) is 0. The molecule has 1 aromatic rings. The van der Waals surface area contributed by atoms with Crippen LogP contribution in [0.25, 0.3) is 0 Å². The minimum Gasteiger partial charge on any atom is -0.342 e. The molecule has 2 fully saturated rings. The van der Waals surface area contributed by atoms with E-state index < -0.39 is 0 Å². The Morgan fingerprint density at radius 1 is 1.11 bits per heavy atom. The minimum absolute atomic E-state index is 0.204. The van der Waals surface area contributed by atoms with Gasteiger partial charge in [-0.2, -0.15) is 0 Å².